The van der Waals surface area contributed by atoms with E-state index in [-0.39, 0.29) is 5.92 Å². The van der Waals surface area contributed by atoms with Crippen LogP contribution in [0.15, 0.2) is 96.9 Å². The maximum absolute atomic E-state index is 4.66. The highest BCUT2D eigenvalue weighted by molar-refractivity contribution is 7.18. The van der Waals surface area contributed by atoms with E-state index in [4.69, 9.17) is 0 Å². The third kappa shape index (κ3) is 4.03. The summed E-state index contributed by atoms with van der Waals surface area (Å²) >= 11 is 1.84. The lowest BCUT2D eigenvalue weighted by Gasteiger charge is -2.17. The monoisotopic (exact) mass is 450 g/mol. The summed E-state index contributed by atoms with van der Waals surface area (Å²) in [5.41, 5.74) is 7.53. The van der Waals surface area contributed by atoms with Crippen LogP contribution < -0.4 is 9.47 Å². The molecule has 0 spiro atoms. The van der Waals surface area contributed by atoms with Gasteiger partial charge in [-0.2, -0.15) is 4.57 Å². The number of hydrogen-bond acceptors (Lipinski definition) is 3. The van der Waals surface area contributed by atoms with Gasteiger partial charge in [-0.3, -0.25) is 4.98 Å². The third-order valence-electron chi connectivity index (χ3n) is 6.34. The molecule has 5 rings (SSSR count). The molecule has 0 saturated carbocycles. The minimum absolute atomic E-state index is 0.147. The number of aryl methyl sites for hydroxylation is 2. The summed E-state index contributed by atoms with van der Waals surface area (Å²) in [6.45, 7) is 2.20. The van der Waals surface area contributed by atoms with E-state index in [0.29, 0.717) is 0 Å². The number of para-hydroxylation sites is 1. The van der Waals surface area contributed by atoms with E-state index >= 15 is 0 Å². The zero-order chi connectivity index (χ0) is 22.8. The van der Waals surface area contributed by atoms with Crippen LogP contribution in [0.3, 0.4) is 0 Å². The second-order valence-corrected chi connectivity index (χ2v) is 9.36. The highest BCUT2D eigenvalue weighted by atomic mass is 32.1. The van der Waals surface area contributed by atoms with Crippen molar-refractivity contribution in [3.8, 4) is 0 Å². The van der Waals surface area contributed by atoms with Crippen LogP contribution in [0.2, 0.25) is 0 Å². The van der Waals surface area contributed by atoms with Crippen molar-refractivity contribution in [3.63, 3.8) is 0 Å². The molecule has 0 aliphatic carbocycles. The van der Waals surface area contributed by atoms with Gasteiger partial charge in [0.1, 0.15) is 11.7 Å². The molecule has 4 heteroatoms. The number of rotatable bonds is 5. The van der Waals surface area contributed by atoms with Crippen LogP contribution in [-0.2, 0) is 13.5 Å². The second-order valence-electron chi connectivity index (χ2n) is 8.30. The summed E-state index contributed by atoms with van der Waals surface area (Å²) in [4.78, 5) is 6.94. The van der Waals surface area contributed by atoms with Crippen LogP contribution in [0.4, 0.5) is 5.69 Å². The molecule has 164 valence electrons. The zero-order valence-corrected chi connectivity index (χ0v) is 20.1. The van der Waals surface area contributed by atoms with Gasteiger partial charge in [-0.1, -0.05) is 66.8 Å². The van der Waals surface area contributed by atoms with Crippen LogP contribution in [0.1, 0.15) is 34.7 Å². The lowest BCUT2D eigenvalue weighted by molar-refractivity contribution is -0.642. The lowest BCUT2D eigenvalue weighted by atomic mass is 9.94. The third-order valence-corrected chi connectivity index (χ3v) is 7.51. The van der Waals surface area contributed by atoms with E-state index in [0.717, 1.165) is 12.1 Å². The molecule has 0 radical (unpaired) electrons. The Bertz CT molecular complexity index is 1380. The number of likely N-dealkylation sites (N-methyl/N-ethyl adjacent to an activating group) is 1. The van der Waals surface area contributed by atoms with Crippen molar-refractivity contribution in [1.82, 2.24) is 4.98 Å². The Morgan fingerprint density at radius 2 is 1.88 bits per heavy atom. The fourth-order valence-electron chi connectivity index (χ4n) is 4.53. The first-order chi connectivity index (χ1) is 16.2. The molecule has 4 aromatic rings. The van der Waals surface area contributed by atoms with E-state index in [1.165, 1.54) is 37.7 Å². The summed E-state index contributed by atoms with van der Waals surface area (Å²) in [5.74, 6) is 0.147. The van der Waals surface area contributed by atoms with Crippen LogP contribution in [0, 0.1) is 0 Å². The van der Waals surface area contributed by atoms with Crippen LogP contribution in [-0.4, -0.2) is 12.0 Å². The second kappa shape index (κ2) is 9.16. The van der Waals surface area contributed by atoms with Gasteiger partial charge in [0.2, 0.25) is 5.52 Å². The van der Waals surface area contributed by atoms with Crippen molar-refractivity contribution in [2.24, 2.45) is 7.05 Å². The molecule has 3 nitrogen and oxygen atoms in total. The average molecular weight is 451 g/mol. The number of anilines is 1. The van der Waals surface area contributed by atoms with Gasteiger partial charge in [0.05, 0.1) is 11.6 Å². The van der Waals surface area contributed by atoms with Gasteiger partial charge in [0.25, 0.3) is 5.01 Å². The number of benzene rings is 2. The van der Waals surface area contributed by atoms with Gasteiger partial charge >= 0.3 is 0 Å². The first-order valence-corrected chi connectivity index (χ1v) is 12.2. The number of allylic oxidation sites excluding steroid dienone is 5. The number of thiazole rings is 1. The first kappa shape index (κ1) is 21.4. The lowest BCUT2D eigenvalue weighted by Crippen LogP contribution is -2.28. The van der Waals surface area contributed by atoms with Crippen molar-refractivity contribution in [2.45, 2.75) is 19.3 Å². The van der Waals surface area contributed by atoms with Crippen LogP contribution in [0.25, 0.3) is 16.3 Å². The average Bonchev–Trinajstić information content (AvgIpc) is 3.32. The topological polar surface area (TPSA) is 20.0 Å². The maximum atomic E-state index is 4.66. The Morgan fingerprint density at radius 1 is 1.03 bits per heavy atom. The quantitative estimate of drug-likeness (QED) is 0.258. The van der Waals surface area contributed by atoms with E-state index in [2.05, 4.69) is 120 Å². The van der Waals surface area contributed by atoms with Gasteiger partial charge in [-0.05, 0) is 47.9 Å². The summed E-state index contributed by atoms with van der Waals surface area (Å²) in [6.07, 6.45) is 13.7. The first-order valence-electron chi connectivity index (χ1n) is 11.4. The van der Waals surface area contributed by atoms with Crippen LogP contribution in [0.5, 0.6) is 0 Å². The molecule has 2 aromatic heterocycles. The Balaban J connectivity index is 1.41. The molecule has 0 amide bonds. The van der Waals surface area contributed by atoms with Gasteiger partial charge in [-0.25, -0.2) is 0 Å². The fourth-order valence-corrected chi connectivity index (χ4v) is 5.66. The molecule has 3 heterocycles. The Morgan fingerprint density at radius 3 is 2.70 bits per heavy atom. The molecule has 2 aromatic carbocycles. The highest BCUT2D eigenvalue weighted by Crippen LogP contribution is 2.45. The molecule has 1 atom stereocenters. The fraction of sp³-hybridized carbons (Fsp3) is 0.172. The summed E-state index contributed by atoms with van der Waals surface area (Å²) in [7, 11) is 4.27. The molecular formula is C29H28N3S+. The summed E-state index contributed by atoms with van der Waals surface area (Å²) < 4.78 is 3.60. The Hall–Kier alpha value is -3.50. The minimum atomic E-state index is 0.147. The normalized spacial score (nSPS) is 17.1. The predicted molar refractivity (Wildman–Crippen MR) is 140 cm³/mol. The molecule has 33 heavy (non-hydrogen) atoms. The van der Waals surface area contributed by atoms with Gasteiger partial charge in [0, 0.05) is 36.8 Å². The van der Waals surface area contributed by atoms with E-state index < -0.39 is 0 Å². The summed E-state index contributed by atoms with van der Waals surface area (Å²) in [6, 6.07) is 21.5. The predicted octanol–water partition coefficient (Wildman–Crippen LogP) is 6.42. The smallest absolute Gasteiger partial charge is 0.262 e. The molecule has 1 aliphatic rings. The van der Waals surface area contributed by atoms with Crippen molar-refractivity contribution < 1.29 is 4.57 Å². The van der Waals surface area contributed by atoms with Gasteiger partial charge in [-0.15, -0.1) is 0 Å². The van der Waals surface area contributed by atoms with E-state index in [1.807, 2.05) is 23.6 Å². The molecule has 1 aliphatic heterocycles. The van der Waals surface area contributed by atoms with Crippen molar-refractivity contribution >= 4 is 33.3 Å². The highest BCUT2D eigenvalue weighted by Gasteiger charge is 2.32. The number of pyridine rings is 1. The van der Waals surface area contributed by atoms with Crippen molar-refractivity contribution in [1.29, 1.82) is 0 Å². The molecule has 0 saturated heterocycles. The van der Waals surface area contributed by atoms with Gasteiger partial charge < -0.3 is 4.90 Å². The summed E-state index contributed by atoms with van der Waals surface area (Å²) in [5, 5.41) is 1.24. The SMILES string of the molecule is CCc1ccc2c(c1)sc(C=CC=CC=C1C(c3ccccn3)c3ccccc3N1C)[n+]2C. The van der Waals surface area contributed by atoms with Crippen molar-refractivity contribution in [2.75, 3.05) is 11.9 Å². The zero-order valence-electron chi connectivity index (χ0n) is 19.3. The number of fused-ring (bicyclic) bond motifs is 2. The number of nitrogens with zero attached hydrogens (tertiary/aromatic N) is 3. The number of hydrogen-bond donors (Lipinski definition) is 0. The van der Waals surface area contributed by atoms with Crippen molar-refractivity contribution in [3.05, 3.63) is 119 Å². The van der Waals surface area contributed by atoms with Gasteiger partial charge in [0.15, 0.2) is 0 Å². The van der Waals surface area contributed by atoms with E-state index in [9.17, 15) is 0 Å². The van der Waals surface area contributed by atoms with Crippen LogP contribution >= 0.6 is 11.3 Å². The maximum Gasteiger partial charge on any atom is 0.262 e. The molecular weight excluding hydrogens is 422 g/mol. The molecule has 0 fully saturated rings. The molecule has 1 unspecified atom stereocenters. The Labute approximate surface area is 199 Å². The van der Waals surface area contributed by atoms with E-state index in [1.54, 1.807) is 0 Å². The minimum Gasteiger partial charge on any atom is -0.347 e. The Kier molecular flexibility index (Phi) is 5.93. The molecule has 0 N–H and O–H groups in total. The molecule has 0 bridgehead atoms. The largest absolute Gasteiger partial charge is 0.347 e. The number of aromatic nitrogens is 2. The standard InChI is InChI=1S/C29H28N3S/c1-4-21-17-18-25-27(20-21)33-28(32(25)3)16-7-5-6-15-26-29(23-13-10-11-19-30-23)22-12-8-9-14-24(22)31(26)2/h5-20,29H,4H2,1-3H3/q+1.